The van der Waals surface area contributed by atoms with Crippen LogP contribution in [0.5, 0.6) is 0 Å². The molecule has 16 heavy (non-hydrogen) atoms. The summed E-state index contributed by atoms with van der Waals surface area (Å²) in [6, 6.07) is 6.62. The Hall–Kier alpha value is -1.75. The topological polar surface area (TPSA) is 29.1 Å². The number of carbonyl (C=O) groups is 1. The van der Waals surface area contributed by atoms with E-state index < -0.39 is 11.6 Å². The first-order chi connectivity index (χ1) is 7.66. The first kappa shape index (κ1) is 10.8. The standard InChI is InChI=1S/C11H7F2NOS/c12-8-4-3-7(6-9(8)13)14-11(15)10-2-1-5-16-10/h1-6H,(H,14,15). The van der Waals surface area contributed by atoms with Crippen molar-refractivity contribution >= 4 is 22.9 Å². The quantitative estimate of drug-likeness (QED) is 0.856. The number of hydrogen-bond donors (Lipinski definition) is 1. The normalized spacial score (nSPS) is 10.1. The van der Waals surface area contributed by atoms with E-state index >= 15 is 0 Å². The van der Waals surface area contributed by atoms with Crippen molar-refractivity contribution in [2.45, 2.75) is 0 Å². The SMILES string of the molecule is O=C(Nc1ccc(F)c(F)c1)c1cccs1. The van der Waals surface area contributed by atoms with Crippen LogP contribution in [-0.2, 0) is 0 Å². The van der Waals surface area contributed by atoms with Crippen molar-refractivity contribution in [2.24, 2.45) is 0 Å². The highest BCUT2D eigenvalue weighted by Gasteiger charge is 2.08. The second-order valence-corrected chi connectivity index (χ2v) is 4.01. The van der Waals surface area contributed by atoms with Crippen LogP contribution < -0.4 is 5.32 Å². The Morgan fingerprint density at radius 1 is 1.19 bits per heavy atom. The van der Waals surface area contributed by atoms with Crippen molar-refractivity contribution in [2.75, 3.05) is 5.32 Å². The van der Waals surface area contributed by atoms with Crippen molar-refractivity contribution in [1.82, 2.24) is 0 Å². The number of thiophene rings is 1. The number of nitrogens with one attached hydrogen (secondary N) is 1. The number of hydrogen-bond acceptors (Lipinski definition) is 2. The molecule has 0 aliphatic carbocycles. The number of rotatable bonds is 2. The molecule has 0 fully saturated rings. The minimum Gasteiger partial charge on any atom is -0.321 e. The summed E-state index contributed by atoms with van der Waals surface area (Å²) >= 11 is 1.28. The fourth-order valence-corrected chi connectivity index (χ4v) is 1.79. The molecule has 0 spiro atoms. The summed E-state index contributed by atoms with van der Waals surface area (Å²) in [7, 11) is 0. The fourth-order valence-electron chi connectivity index (χ4n) is 1.17. The summed E-state index contributed by atoms with van der Waals surface area (Å²) in [6.07, 6.45) is 0. The smallest absolute Gasteiger partial charge is 0.265 e. The van der Waals surface area contributed by atoms with Crippen LogP contribution in [0.25, 0.3) is 0 Å². The zero-order valence-corrected chi connectivity index (χ0v) is 8.85. The van der Waals surface area contributed by atoms with E-state index in [1.165, 1.54) is 17.4 Å². The van der Waals surface area contributed by atoms with E-state index in [0.29, 0.717) is 4.88 Å². The van der Waals surface area contributed by atoms with E-state index in [4.69, 9.17) is 0 Å². The lowest BCUT2D eigenvalue weighted by atomic mass is 10.3. The Morgan fingerprint density at radius 2 is 2.00 bits per heavy atom. The lowest BCUT2D eigenvalue weighted by Gasteiger charge is -2.03. The first-order valence-electron chi connectivity index (χ1n) is 4.47. The van der Waals surface area contributed by atoms with Gasteiger partial charge in [-0.05, 0) is 23.6 Å². The van der Waals surface area contributed by atoms with Gasteiger partial charge in [0.25, 0.3) is 5.91 Å². The highest BCUT2D eigenvalue weighted by atomic mass is 32.1. The largest absolute Gasteiger partial charge is 0.321 e. The van der Waals surface area contributed by atoms with E-state index in [2.05, 4.69) is 5.32 Å². The second kappa shape index (κ2) is 4.40. The molecule has 0 unspecified atom stereocenters. The average Bonchev–Trinajstić information content (AvgIpc) is 2.77. The van der Waals surface area contributed by atoms with Crippen molar-refractivity contribution in [3.05, 3.63) is 52.2 Å². The highest BCUT2D eigenvalue weighted by molar-refractivity contribution is 7.12. The van der Waals surface area contributed by atoms with Gasteiger partial charge in [-0.15, -0.1) is 11.3 Å². The van der Waals surface area contributed by atoms with Gasteiger partial charge in [-0.1, -0.05) is 6.07 Å². The molecule has 2 nitrogen and oxygen atoms in total. The van der Waals surface area contributed by atoms with Gasteiger partial charge < -0.3 is 5.32 Å². The van der Waals surface area contributed by atoms with Gasteiger partial charge in [-0.2, -0.15) is 0 Å². The first-order valence-corrected chi connectivity index (χ1v) is 5.34. The molecule has 0 aliphatic heterocycles. The summed E-state index contributed by atoms with van der Waals surface area (Å²) in [6.45, 7) is 0. The average molecular weight is 239 g/mol. The second-order valence-electron chi connectivity index (χ2n) is 3.06. The molecule has 0 radical (unpaired) electrons. The number of amides is 1. The van der Waals surface area contributed by atoms with Gasteiger partial charge in [-0.3, -0.25) is 4.79 Å². The van der Waals surface area contributed by atoms with Crippen molar-refractivity contribution < 1.29 is 13.6 Å². The third-order valence-corrected chi connectivity index (χ3v) is 2.79. The summed E-state index contributed by atoms with van der Waals surface area (Å²) in [5.41, 5.74) is 0.234. The molecule has 1 aromatic heterocycles. The van der Waals surface area contributed by atoms with Gasteiger partial charge in [0.05, 0.1) is 4.88 Å². The third kappa shape index (κ3) is 2.25. The summed E-state index contributed by atoms with van der Waals surface area (Å²) < 4.78 is 25.5. The van der Waals surface area contributed by atoms with Crippen LogP contribution in [0.3, 0.4) is 0 Å². The molecule has 1 N–H and O–H groups in total. The fraction of sp³-hybridized carbons (Fsp3) is 0. The van der Waals surface area contributed by atoms with Crippen LogP contribution in [0.2, 0.25) is 0 Å². The van der Waals surface area contributed by atoms with Gasteiger partial charge in [-0.25, -0.2) is 8.78 Å². The summed E-state index contributed by atoms with van der Waals surface area (Å²) in [5.74, 6) is -2.25. The Morgan fingerprint density at radius 3 is 2.62 bits per heavy atom. The van der Waals surface area contributed by atoms with Crippen molar-refractivity contribution in [3.8, 4) is 0 Å². The number of anilines is 1. The minimum atomic E-state index is -0.982. The van der Waals surface area contributed by atoms with Gasteiger partial charge >= 0.3 is 0 Å². The van der Waals surface area contributed by atoms with Crippen LogP contribution in [0.4, 0.5) is 14.5 Å². The van der Waals surface area contributed by atoms with E-state index in [0.717, 1.165) is 12.1 Å². The van der Waals surface area contributed by atoms with Gasteiger partial charge in [0, 0.05) is 11.8 Å². The maximum Gasteiger partial charge on any atom is 0.265 e. The van der Waals surface area contributed by atoms with Gasteiger partial charge in [0.2, 0.25) is 0 Å². The zero-order chi connectivity index (χ0) is 11.5. The van der Waals surface area contributed by atoms with Crippen LogP contribution in [0.15, 0.2) is 35.7 Å². The molecule has 2 aromatic rings. The zero-order valence-electron chi connectivity index (χ0n) is 8.04. The Kier molecular flexibility index (Phi) is 2.96. The maximum absolute atomic E-state index is 12.8. The molecule has 0 saturated carbocycles. The predicted octanol–water partition coefficient (Wildman–Crippen LogP) is 3.28. The molecular weight excluding hydrogens is 232 g/mol. The van der Waals surface area contributed by atoms with Crippen molar-refractivity contribution in [1.29, 1.82) is 0 Å². The number of halogens is 2. The Bertz CT molecular complexity index is 511. The summed E-state index contributed by atoms with van der Waals surface area (Å²) in [5, 5.41) is 4.24. The Labute approximate surface area is 94.5 Å². The van der Waals surface area contributed by atoms with E-state index in [1.54, 1.807) is 17.5 Å². The lowest BCUT2D eigenvalue weighted by molar-refractivity contribution is 0.103. The predicted molar refractivity (Wildman–Crippen MR) is 58.6 cm³/mol. The van der Waals surface area contributed by atoms with Crippen LogP contribution in [-0.4, -0.2) is 5.91 Å². The number of carbonyl (C=O) groups excluding carboxylic acids is 1. The molecule has 82 valence electrons. The molecule has 0 atom stereocenters. The molecule has 1 aromatic carbocycles. The van der Waals surface area contributed by atoms with Gasteiger partial charge in [0.15, 0.2) is 11.6 Å². The van der Waals surface area contributed by atoms with Crippen LogP contribution in [0, 0.1) is 11.6 Å². The molecule has 1 heterocycles. The van der Waals surface area contributed by atoms with E-state index in [1.807, 2.05) is 0 Å². The monoisotopic (exact) mass is 239 g/mol. The van der Waals surface area contributed by atoms with E-state index in [9.17, 15) is 13.6 Å². The maximum atomic E-state index is 12.8. The van der Waals surface area contributed by atoms with Gasteiger partial charge in [0.1, 0.15) is 0 Å². The molecule has 0 aliphatic rings. The molecule has 0 saturated heterocycles. The molecular formula is C11H7F2NOS. The minimum absolute atomic E-state index is 0.234. The third-order valence-electron chi connectivity index (χ3n) is 1.92. The Balaban J connectivity index is 2.15. The molecule has 2 rings (SSSR count). The molecule has 5 heteroatoms. The summed E-state index contributed by atoms with van der Waals surface area (Å²) in [4.78, 5) is 12.1. The molecule has 0 bridgehead atoms. The lowest BCUT2D eigenvalue weighted by Crippen LogP contribution is -2.10. The number of benzene rings is 1. The van der Waals surface area contributed by atoms with Crippen molar-refractivity contribution in [3.63, 3.8) is 0 Å². The molecule has 1 amide bonds. The van der Waals surface area contributed by atoms with Crippen LogP contribution in [0.1, 0.15) is 9.67 Å². The van der Waals surface area contributed by atoms with E-state index in [-0.39, 0.29) is 11.6 Å². The van der Waals surface area contributed by atoms with Crippen LogP contribution >= 0.6 is 11.3 Å². The highest BCUT2D eigenvalue weighted by Crippen LogP contribution is 2.15.